The van der Waals surface area contributed by atoms with Gasteiger partial charge in [0.2, 0.25) is 0 Å². The van der Waals surface area contributed by atoms with Gasteiger partial charge in [0.05, 0.1) is 18.4 Å². The molecule has 0 radical (unpaired) electrons. The van der Waals surface area contributed by atoms with Crippen LogP contribution in [0.15, 0.2) is 36.7 Å². The molecule has 0 saturated carbocycles. The number of halogens is 1. The number of nitrogens with zero attached hydrogens (tertiary/aromatic N) is 2. The summed E-state index contributed by atoms with van der Waals surface area (Å²) in [6, 6.07) is 7.21. The molecule has 2 aromatic rings. The Kier molecular flexibility index (Phi) is 4.53. The smallest absolute Gasteiger partial charge is 0.271 e. The van der Waals surface area contributed by atoms with E-state index >= 15 is 0 Å². The van der Waals surface area contributed by atoms with E-state index in [9.17, 15) is 4.79 Å². The average Bonchev–Trinajstić information content (AvgIpc) is 2.47. The Morgan fingerprint density at radius 1 is 1.30 bits per heavy atom. The minimum atomic E-state index is -0.271. The Morgan fingerprint density at radius 2 is 2.10 bits per heavy atom. The fourth-order valence-electron chi connectivity index (χ4n) is 1.70. The molecule has 2 rings (SSSR count). The molecule has 1 aromatic heterocycles. The van der Waals surface area contributed by atoms with Crippen LogP contribution in [0.5, 0.6) is 0 Å². The van der Waals surface area contributed by atoms with Gasteiger partial charge in [-0.25, -0.2) is 9.97 Å². The van der Waals surface area contributed by atoms with Gasteiger partial charge in [-0.15, -0.1) is 0 Å². The number of hydrogen-bond acceptors (Lipinski definition) is 4. The molecular formula is C14H15ClN4O. The number of amides is 1. The van der Waals surface area contributed by atoms with Crippen LogP contribution in [0, 0.1) is 0 Å². The first-order valence-corrected chi connectivity index (χ1v) is 6.54. The van der Waals surface area contributed by atoms with Crippen molar-refractivity contribution in [3.05, 3.63) is 52.9 Å². The quantitative estimate of drug-likeness (QED) is 0.908. The Hall–Kier alpha value is -2.14. The van der Waals surface area contributed by atoms with E-state index in [1.807, 2.05) is 25.1 Å². The van der Waals surface area contributed by atoms with Gasteiger partial charge in [-0.05, 0) is 24.6 Å². The highest BCUT2D eigenvalue weighted by molar-refractivity contribution is 6.30. The first-order chi connectivity index (χ1) is 9.60. The standard InChI is InChI=1S/C14H15ClN4O/c1-9(10-4-3-5-11(15)6-10)19-14(20)12-7-18-13(16-2)8-17-12/h3-9H,1-2H3,(H,16,18)(H,19,20). The predicted octanol–water partition coefficient (Wildman–Crippen LogP) is 2.66. The third kappa shape index (κ3) is 3.45. The molecule has 1 heterocycles. The fourth-order valence-corrected chi connectivity index (χ4v) is 1.90. The highest BCUT2D eigenvalue weighted by atomic mass is 35.5. The van der Waals surface area contributed by atoms with Crippen LogP contribution < -0.4 is 10.6 Å². The number of rotatable bonds is 4. The molecule has 1 aromatic carbocycles. The number of anilines is 1. The van der Waals surface area contributed by atoms with E-state index in [-0.39, 0.29) is 17.6 Å². The lowest BCUT2D eigenvalue weighted by Crippen LogP contribution is -2.27. The molecule has 20 heavy (non-hydrogen) atoms. The van der Waals surface area contributed by atoms with Gasteiger partial charge in [0.25, 0.3) is 5.91 Å². The van der Waals surface area contributed by atoms with Crippen molar-refractivity contribution in [1.29, 1.82) is 0 Å². The Bertz CT molecular complexity index is 600. The Morgan fingerprint density at radius 3 is 2.70 bits per heavy atom. The topological polar surface area (TPSA) is 66.9 Å². The van der Waals surface area contributed by atoms with Crippen LogP contribution in [0.1, 0.15) is 29.0 Å². The van der Waals surface area contributed by atoms with Crippen molar-refractivity contribution in [2.24, 2.45) is 0 Å². The fraction of sp³-hybridized carbons (Fsp3) is 0.214. The van der Waals surface area contributed by atoms with E-state index in [4.69, 9.17) is 11.6 Å². The van der Waals surface area contributed by atoms with Gasteiger partial charge in [-0.3, -0.25) is 4.79 Å². The number of hydrogen-bond donors (Lipinski definition) is 2. The van der Waals surface area contributed by atoms with Crippen LogP contribution in [0.4, 0.5) is 5.82 Å². The van der Waals surface area contributed by atoms with E-state index in [1.165, 1.54) is 12.4 Å². The van der Waals surface area contributed by atoms with E-state index in [0.29, 0.717) is 10.8 Å². The van der Waals surface area contributed by atoms with Gasteiger partial charge < -0.3 is 10.6 Å². The zero-order valence-corrected chi connectivity index (χ0v) is 12.0. The molecule has 0 bridgehead atoms. The monoisotopic (exact) mass is 290 g/mol. The number of benzene rings is 1. The third-order valence-electron chi connectivity index (χ3n) is 2.84. The van der Waals surface area contributed by atoms with Gasteiger partial charge >= 0.3 is 0 Å². The first-order valence-electron chi connectivity index (χ1n) is 6.16. The molecule has 5 nitrogen and oxygen atoms in total. The molecular weight excluding hydrogens is 276 g/mol. The van der Waals surface area contributed by atoms with Gasteiger partial charge in [0.15, 0.2) is 0 Å². The summed E-state index contributed by atoms with van der Waals surface area (Å²) in [5, 5.41) is 6.34. The molecule has 1 atom stereocenters. The third-order valence-corrected chi connectivity index (χ3v) is 3.07. The second-order valence-corrected chi connectivity index (χ2v) is 4.72. The number of aromatic nitrogens is 2. The zero-order chi connectivity index (χ0) is 14.5. The van der Waals surface area contributed by atoms with Crippen molar-refractivity contribution in [3.8, 4) is 0 Å². The predicted molar refractivity (Wildman–Crippen MR) is 78.9 cm³/mol. The molecule has 0 aliphatic carbocycles. The van der Waals surface area contributed by atoms with Gasteiger partial charge in [-0.1, -0.05) is 23.7 Å². The van der Waals surface area contributed by atoms with Crippen LogP contribution in [0.2, 0.25) is 5.02 Å². The van der Waals surface area contributed by atoms with Crippen molar-refractivity contribution in [1.82, 2.24) is 15.3 Å². The van der Waals surface area contributed by atoms with Crippen LogP contribution in [-0.4, -0.2) is 22.9 Å². The second kappa shape index (κ2) is 6.34. The Labute approximate surface area is 122 Å². The van der Waals surface area contributed by atoms with Gasteiger partial charge in [0.1, 0.15) is 11.5 Å². The lowest BCUT2D eigenvalue weighted by atomic mass is 10.1. The van der Waals surface area contributed by atoms with E-state index in [2.05, 4.69) is 20.6 Å². The second-order valence-electron chi connectivity index (χ2n) is 4.29. The maximum Gasteiger partial charge on any atom is 0.271 e. The molecule has 6 heteroatoms. The molecule has 1 unspecified atom stereocenters. The van der Waals surface area contributed by atoms with E-state index in [0.717, 1.165) is 5.56 Å². The van der Waals surface area contributed by atoms with Crippen LogP contribution >= 0.6 is 11.6 Å². The van der Waals surface area contributed by atoms with Crippen LogP contribution in [-0.2, 0) is 0 Å². The maximum atomic E-state index is 12.0. The van der Waals surface area contributed by atoms with Crippen molar-refractivity contribution in [3.63, 3.8) is 0 Å². The minimum Gasteiger partial charge on any atom is -0.372 e. The highest BCUT2D eigenvalue weighted by Crippen LogP contribution is 2.17. The number of carbonyl (C=O) groups is 1. The number of carbonyl (C=O) groups excluding carboxylic acids is 1. The summed E-state index contributed by atoms with van der Waals surface area (Å²) < 4.78 is 0. The molecule has 0 aliphatic heterocycles. The molecule has 104 valence electrons. The molecule has 0 spiro atoms. The molecule has 1 amide bonds. The normalized spacial score (nSPS) is 11.8. The summed E-state index contributed by atoms with van der Waals surface area (Å²) in [5.74, 6) is 0.345. The van der Waals surface area contributed by atoms with Gasteiger partial charge in [-0.2, -0.15) is 0 Å². The molecule has 0 fully saturated rings. The van der Waals surface area contributed by atoms with Gasteiger partial charge in [0, 0.05) is 12.1 Å². The summed E-state index contributed by atoms with van der Waals surface area (Å²) in [5.41, 5.74) is 1.21. The van der Waals surface area contributed by atoms with Crippen molar-refractivity contribution >= 4 is 23.3 Å². The maximum absolute atomic E-state index is 12.0. The summed E-state index contributed by atoms with van der Waals surface area (Å²) >= 11 is 5.93. The SMILES string of the molecule is CNc1cnc(C(=O)NC(C)c2cccc(Cl)c2)cn1. The zero-order valence-electron chi connectivity index (χ0n) is 11.2. The largest absolute Gasteiger partial charge is 0.372 e. The van der Waals surface area contributed by atoms with Crippen molar-refractivity contribution in [2.45, 2.75) is 13.0 Å². The van der Waals surface area contributed by atoms with Crippen LogP contribution in [0.25, 0.3) is 0 Å². The summed E-state index contributed by atoms with van der Waals surface area (Å²) in [7, 11) is 1.74. The first kappa shape index (κ1) is 14.3. The van der Waals surface area contributed by atoms with Crippen molar-refractivity contribution in [2.75, 3.05) is 12.4 Å². The van der Waals surface area contributed by atoms with E-state index < -0.39 is 0 Å². The summed E-state index contributed by atoms with van der Waals surface area (Å²) in [6.45, 7) is 1.89. The molecule has 0 aliphatic rings. The average molecular weight is 291 g/mol. The summed E-state index contributed by atoms with van der Waals surface area (Å²) in [6.07, 6.45) is 2.95. The number of nitrogens with one attached hydrogen (secondary N) is 2. The minimum absolute atomic E-state index is 0.160. The van der Waals surface area contributed by atoms with Crippen molar-refractivity contribution < 1.29 is 4.79 Å². The lowest BCUT2D eigenvalue weighted by Gasteiger charge is -2.14. The van der Waals surface area contributed by atoms with Crippen LogP contribution in [0.3, 0.4) is 0 Å². The summed E-state index contributed by atoms with van der Waals surface area (Å²) in [4.78, 5) is 20.2. The molecule has 0 saturated heterocycles. The Balaban J connectivity index is 2.06. The highest BCUT2D eigenvalue weighted by Gasteiger charge is 2.13. The van der Waals surface area contributed by atoms with E-state index in [1.54, 1.807) is 13.1 Å². The molecule has 2 N–H and O–H groups in total. The lowest BCUT2D eigenvalue weighted by molar-refractivity contribution is 0.0934.